The number of hydrogen-bond acceptors (Lipinski definition) is 5. The van der Waals surface area contributed by atoms with Gasteiger partial charge in [0, 0.05) is 33.0 Å². The lowest BCUT2D eigenvalue weighted by atomic mass is 10.1. The number of amides is 1. The van der Waals surface area contributed by atoms with E-state index in [1.807, 2.05) is 19.0 Å². The summed E-state index contributed by atoms with van der Waals surface area (Å²) in [5.74, 6) is 0.304. The van der Waals surface area contributed by atoms with Crippen molar-refractivity contribution in [2.75, 3.05) is 27.2 Å². The summed E-state index contributed by atoms with van der Waals surface area (Å²) in [4.78, 5) is 29.2. The van der Waals surface area contributed by atoms with E-state index in [1.165, 1.54) is 0 Å². The van der Waals surface area contributed by atoms with E-state index in [0.29, 0.717) is 5.96 Å². The molecule has 0 aliphatic carbocycles. The number of aliphatic imine (C=N–C) groups is 1. The molecule has 18 heavy (non-hydrogen) atoms. The number of carbonyl (C=O) groups is 2. The number of ketones is 1. The number of likely N-dealkylation sites (N-methyl/N-ethyl adjacent to an activating group) is 2. The summed E-state index contributed by atoms with van der Waals surface area (Å²) in [6.07, 6.45) is 1.96. The summed E-state index contributed by atoms with van der Waals surface area (Å²) >= 11 is 0. The van der Waals surface area contributed by atoms with Crippen molar-refractivity contribution in [2.24, 2.45) is 4.99 Å². The standard InChI is InChI=1S/C12H20N4O2/c1-4-5-9(17)8-10-11(18)15-12(14-10)16(3)7-6-13-2/h4,10,13H,1,5-8H2,2-3H3,(H,14,15,18). The molecule has 1 heterocycles. The molecule has 6 nitrogen and oxygen atoms in total. The first-order valence-electron chi connectivity index (χ1n) is 5.95. The van der Waals surface area contributed by atoms with Gasteiger partial charge < -0.3 is 10.2 Å². The van der Waals surface area contributed by atoms with Gasteiger partial charge >= 0.3 is 0 Å². The summed E-state index contributed by atoms with van der Waals surface area (Å²) in [5.41, 5.74) is 0. The first-order valence-corrected chi connectivity index (χ1v) is 5.95. The Morgan fingerprint density at radius 2 is 2.39 bits per heavy atom. The Labute approximate surface area is 107 Å². The van der Waals surface area contributed by atoms with Gasteiger partial charge in [-0.1, -0.05) is 6.08 Å². The number of Topliss-reactive ketones (excluding diaryl/α,β-unsaturated/α-hetero) is 1. The van der Waals surface area contributed by atoms with E-state index < -0.39 is 6.04 Å². The minimum absolute atomic E-state index is 0.0203. The Balaban J connectivity index is 2.55. The fraction of sp³-hybridized carbons (Fsp3) is 0.583. The van der Waals surface area contributed by atoms with Gasteiger partial charge in [-0.15, -0.1) is 6.58 Å². The van der Waals surface area contributed by atoms with E-state index in [0.717, 1.165) is 13.1 Å². The molecule has 1 amide bonds. The van der Waals surface area contributed by atoms with Crippen molar-refractivity contribution < 1.29 is 9.59 Å². The van der Waals surface area contributed by atoms with Crippen molar-refractivity contribution in [3.8, 4) is 0 Å². The van der Waals surface area contributed by atoms with Crippen LogP contribution >= 0.6 is 0 Å². The third-order valence-corrected chi connectivity index (χ3v) is 2.67. The molecule has 0 aromatic rings. The minimum atomic E-state index is -0.593. The first-order chi connectivity index (χ1) is 8.58. The van der Waals surface area contributed by atoms with Crippen LogP contribution in [0, 0.1) is 0 Å². The van der Waals surface area contributed by atoms with E-state index >= 15 is 0 Å². The number of hydrogen-bond donors (Lipinski definition) is 2. The molecule has 2 N–H and O–H groups in total. The lowest BCUT2D eigenvalue weighted by Crippen LogP contribution is -2.41. The van der Waals surface area contributed by atoms with Crippen LogP contribution in [-0.2, 0) is 9.59 Å². The summed E-state index contributed by atoms with van der Waals surface area (Å²) in [6.45, 7) is 5.03. The molecule has 0 fully saturated rings. The first kappa shape index (κ1) is 14.4. The van der Waals surface area contributed by atoms with Crippen LogP contribution in [0.2, 0.25) is 0 Å². The highest BCUT2D eigenvalue weighted by atomic mass is 16.2. The molecular formula is C12H20N4O2. The van der Waals surface area contributed by atoms with Crippen LogP contribution in [0.4, 0.5) is 0 Å². The number of allylic oxidation sites excluding steroid dienone is 1. The molecule has 1 aliphatic rings. The third kappa shape index (κ3) is 3.96. The van der Waals surface area contributed by atoms with Crippen molar-refractivity contribution >= 4 is 17.6 Å². The van der Waals surface area contributed by atoms with Gasteiger partial charge in [0.2, 0.25) is 5.96 Å². The van der Waals surface area contributed by atoms with Gasteiger partial charge in [0.1, 0.15) is 11.8 Å². The summed E-state index contributed by atoms with van der Waals surface area (Å²) in [6, 6.07) is -0.593. The Bertz CT molecular complexity index is 365. The van der Waals surface area contributed by atoms with E-state index in [1.54, 1.807) is 6.08 Å². The van der Waals surface area contributed by atoms with Gasteiger partial charge in [0.15, 0.2) is 0 Å². The average molecular weight is 252 g/mol. The number of nitrogens with zero attached hydrogens (tertiary/aromatic N) is 2. The fourth-order valence-corrected chi connectivity index (χ4v) is 1.61. The van der Waals surface area contributed by atoms with Gasteiger partial charge in [0.05, 0.1) is 0 Å². The van der Waals surface area contributed by atoms with E-state index in [2.05, 4.69) is 22.2 Å². The summed E-state index contributed by atoms with van der Waals surface area (Å²) in [5, 5.41) is 5.71. The lowest BCUT2D eigenvalue weighted by Gasteiger charge is -2.17. The highest BCUT2D eigenvalue weighted by Crippen LogP contribution is 2.08. The molecule has 0 bridgehead atoms. The second-order valence-corrected chi connectivity index (χ2v) is 4.22. The predicted molar refractivity (Wildman–Crippen MR) is 70.4 cm³/mol. The molecular weight excluding hydrogens is 232 g/mol. The van der Waals surface area contributed by atoms with Crippen LogP contribution in [-0.4, -0.2) is 55.8 Å². The molecule has 0 radical (unpaired) electrons. The van der Waals surface area contributed by atoms with Crippen LogP contribution in [0.1, 0.15) is 12.8 Å². The number of carbonyl (C=O) groups excluding carboxylic acids is 2. The Morgan fingerprint density at radius 3 is 3.00 bits per heavy atom. The molecule has 1 rings (SSSR count). The molecule has 6 heteroatoms. The second kappa shape index (κ2) is 6.90. The summed E-state index contributed by atoms with van der Waals surface area (Å²) in [7, 11) is 3.71. The van der Waals surface area contributed by atoms with Crippen molar-refractivity contribution in [1.29, 1.82) is 0 Å². The zero-order valence-electron chi connectivity index (χ0n) is 10.9. The van der Waals surface area contributed by atoms with Gasteiger partial charge in [-0.2, -0.15) is 0 Å². The van der Waals surface area contributed by atoms with Crippen LogP contribution < -0.4 is 10.6 Å². The molecule has 1 unspecified atom stereocenters. The largest absolute Gasteiger partial charge is 0.344 e. The Hall–Kier alpha value is -1.69. The molecule has 1 atom stereocenters. The molecule has 1 aliphatic heterocycles. The second-order valence-electron chi connectivity index (χ2n) is 4.22. The Morgan fingerprint density at radius 1 is 1.67 bits per heavy atom. The fourth-order valence-electron chi connectivity index (χ4n) is 1.61. The zero-order valence-corrected chi connectivity index (χ0v) is 10.9. The van der Waals surface area contributed by atoms with Crippen molar-refractivity contribution in [3.05, 3.63) is 12.7 Å². The normalized spacial score (nSPS) is 18.2. The van der Waals surface area contributed by atoms with Crippen LogP contribution in [0.3, 0.4) is 0 Å². The Kier molecular flexibility index (Phi) is 5.51. The molecule has 0 aromatic heterocycles. The highest BCUT2D eigenvalue weighted by Gasteiger charge is 2.29. The quantitative estimate of drug-likeness (QED) is 0.601. The molecule has 0 saturated carbocycles. The molecule has 0 spiro atoms. The van der Waals surface area contributed by atoms with Crippen LogP contribution in [0.15, 0.2) is 17.6 Å². The van der Waals surface area contributed by atoms with Crippen molar-refractivity contribution in [1.82, 2.24) is 15.5 Å². The monoisotopic (exact) mass is 252 g/mol. The third-order valence-electron chi connectivity index (χ3n) is 2.67. The van der Waals surface area contributed by atoms with Crippen molar-refractivity contribution in [3.63, 3.8) is 0 Å². The number of rotatable bonds is 7. The maximum Gasteiger partial charge on any atom is 0.252 e. The van der Waals surface area contributed by atoms with Crippen LogP contribution in [0.5, 0.6) is 0 Å². The van der Waals surface area contributed by atoms with Gasteiger partial charge in [-0.25, -0.2) is 4.99 Å². The topological polar surface area (TPSA) is 73.8 Å². The SMILES string of the molecule is C=CCC(=O)CC1N=C(N(C)CCNC)NC1=O. The predicted octanol–water partition coefficient (Wildman–Crippen LogP) is -0.473. The number of nitrogens with one attached hydrogen (secondary N) is 2. The minimum Gasteiger partial charge on any atom is -0.344 e. The van der Waals surface area contributed by atoms with Crippen molar-refractivity contribution in [2.45, 2.75) is 18.9 Å². The van der Waals surface area contributed by atoms with E-state index in [-0.39, 0.29) is 24.5 Å². The van der Waals surface area contributed by atoms with E-state index in [4.69, 9.17) is 0 Å². The lowest BCUT2D eigenvalue weighted by molar-refractivity contribution is -0.124. The maximum atomic E-state index is 11.7. The smallest absolute Gasteiger partial charge is 0.252 e. The van der Waals surface area contributed by atoms with Crippen LogP contribution in [0.25, 0.3) is 0 Å². The summed E-state index contributed by atoms with van der Waals surface area (Å²) < 4.78 is 0. The van der Waals surface area contributed by atoms with E-state index in [9.17, 15) is 9.59 Å². The van der Waals surface area contributed by atoms with Gasteiger partial charge in [0.25, 0.3) is 5.91 Å². The molecule has 100 valence electrons. The van der Waals surface area contributed by atoms with Gasteiger partial charge in [-0.05, 0) is 7.05 Å². The maximum absolute atomic E-state index is 11.7. The molecule has 0 saturated heterocycles. The van der Waals surface area contributed by atoms with Gasteiger partial charge in [-0.3, -0.25) is 14.9 Å². The highest BCUT2D eigenvalue weighted by molar-refractivity contribution is 6.06. The molecule has 0 aromatic carbocycles. The number of guanidine groups is 1. The zero-order chi connectivity index (χ0) is 13.5. The average Bonchev–Trinajstić information content (AvgIpc) is 2.68.